The molecular formula is C22H26N2O3S. The number of hydrogen-bond donors (Lipinski definition) is 0. The normalized spacial score (nSPS) is 16.5. The fraction of sp³-hybridized carbons (Fsp3) is 0.364. The van der Waals surface area contributed by atoms with Gasteiger partial charge in [-0.2, -0.15) is 0 Å². The van der Waals surface area contributed by atoms with E-state index in [1.54, 1.807) is 18.3 Å². The molecule has 0 spiro atoms. The lowest BCUT2D eigenvalue weighted by Crippen LogP contribution is -2.35. The van der Waals surface area contributed by atoms with E-state index in [9.17, 15) is 8.42 Å². The standard InChI is InChI=1S/C22H26N2O3S/c1-16-8-9-19(14-22(16)27-18-10-12-23(3)13-11-18)28(25,26)24-15-17(2)20-6-4-5-7-21(20)24/h4-9,14-15,18H,10-13H2,1-3H3. The molecule has 2 heterocycles. The number of likely N-dealkylation sites (tertiary alicyclic amines) is 1. The number of piperidine rings is 1. The highest BCUT2D eigenvalue weighted by Gasteiger charge is 2.23. The van der Waals surface area contributed by atoms with Crippen molar-refractivity contribution in [2.24, 2.45) is 0 Å². The Morgan fingerprint density at radius 2 is 1.71 bits per heavy atom. The zero-order valence-electron chi connectivity index (χ0n) is 16.6. The topological polar surface area (TPSA) is 51.5 Å². The smallest absolute Gasteiger partial charge is 0.268 e. The molecule has 5 nitrogen and oxygen atoms in total. The van der Waals surface area contributed by atoms with Gasteiger partial charge in [-0.1, -0.05) is 24.3 Å². The van der Waals surface area contributed by atoms with Crippen molar-refractivity contribution in [2.75, 3.05) is 20.1 Å². The second-order valence-electron chi connectivity index (χ2n) is 7.68. The fourth-order valence-corrected chi connectivity index (χ4v) is 5.21. The van der Waals surface area contributed by atoms with E-state index in [4.69, 9.17) is 4.74 Å². The van der Waals surface area contributed by atoms with Crippen LogP contribution in [0.4, 0.5) is 0 Å². The average Bonchev–Trinajstić information content (AvgIpc) is 3.03. The first-order valence-electron chi connectivity index (χ1n) is 9.64. The molecule has 1 fully saturated rings. The molecule has 6 heteroatoms. The molecule has 1 aliphatic rings. The van der Waals surface area contributed by atoms with E-state index < -0.39 is 10.0 Å². The first-order chi connectivity index (χ1) is 13.4. The van der Waals surface area contributed by atoms with Gasteiger partial charge in [0, 0.05) is 30.7 Å². The maximum absolute atomic E-state index is 13.4. The molecular weight excluding hydrogens is 372 g/mol. The van der Waals surface area contributed by atoms with E-state index in [2.05, 4.69) is 11.9 Å². The zero-order chi connectivity index (χ0) is 19.9. The number of rotatable bonds is 4. The van der Waals surface area contributed by atoms with Crippen LogP contribution in [-0.2, 0) is 10.0 Å². The molecule has 0 aliphatic carbocycles. The average molecular weight is 399 g/mol. The van der Waals surface area contributed by atoms with Gasteiger partial charge in [0.15, 0.2) is 0 Å². The summed E-state index contributed by atoms with van der Waals surface area (Å²) in [5, 5.41) is 0.945. The number of para-hydroxylation sites is 1. The van der Waals surface area contributed by atoms with Crippen molar-refractivity contribution < 1.29 is 13.2 Å². The Kier molecular flexibility index (Phi) is 4.93. The van der Waals surface area contributed by atoms with E-state index in [1.807, 2.05) is 44.2 Å². The van der Waals surface area contributed by atoms with Crippen molar-refractivity contribution in [3.05, 3.63) is 59.8 Å². The number of fused-ring (bicyclic) bond motifs is 1. The van der Waals surface area contributed by atoms with Crippen molar-refractivity contribution in [1.29, 1.82) is 0 Å². The molecule has 0 bridgehead atoms. The summed E-state index contributed by atoms with van der Waals surface area (Å²) in [7, 11) is -1.60. The van der Waals surface area contributed by atoms with Gasteiger partial charge >= 0.3 is 0 Å². The molecule has 0 unspecified atom stereocenters. The van der Waals surface area contributed by atoms with Gasteiger partial charge in [0.05, 0.1) is 10.4 Å². The lowest BCUT2D eigenvalue weighted by Gasteiger charge is -2.29. The number of ether oxygens (including phenoxy) is 1. The van der Waals surface area contributed by atoms with Crippen LogP contribution in [0.5, 0.6) is 5.75 Å². The quantitative estimate of drug-likeness (QED) is 0.667. The minimum absolute atomic E-state index is 0.127. The molecule has 3 aromatic rings. The molecule has 2 aromatic carbocycles. The SMILES string of the molecule is Cc1ccc(S(=O)(=O)n2cc(C)c3ccccc32)cc1OC1CCN(C)CC1. The van der Waals surface area contributed by atoms with Gasteiger partial charge in [-0.15, -0.1) is 0 Å². The summed E-state index contributed by atoms with van der Waals surface area (Å²) in [6.07, 6.45) is 3.72. The Balaban J connectivity index is 1.70. The highest BCUT2D eigenvalue weighted by Crippen LogP contribution is 2.29. The summed E-state index contributed by atoms with van der Waals surface area (Å²) in [4.78, 5) is 2.54. The zero-order valence-corrected chi connectivity index (χ0v) is 17.4. The Labute approximate surface area is 166 Å². The first kappa shape index (κ1) is 19.0. The third-order valence-corrected chi connectivity index (χ3v) is 7.22. The van der Waals surface area contributed by atoms with Crippen molar-refractivity contribution in [3.8, 4) is 5.75 Å². The highest BCUT2D eigenvalue weighted by molar-refractivity contribution is 7.90. The summed E-state index contributed by atoms with van der Waals surface area (Å²) in [5.74, 6) is 0.656. The van der Waals surface area contributed by atoms with Crippen LogP contribution >= 0.6 is 0 Å². The van der Waals surface area contributed by atoms with E-state index in [0.29, 0.717) is 11.3 Å². The van der Waals surface area contributed by atoms with Crippen molar-refractivity contribution in [3.63, 3.8) is 0 Å². The lowest BCUT2D eigenvalue weighted by molar-refractivity contribution is 0.113. The second kappa shape index (κ2) is 7.26. The molecule has 148 valence electrons. The van der Waals surface area contributed by atoms with Crippen LogP contribution in [0.15, 0.2) is 53.6 Å². The van der Waals surface area contributed by atoms with Gasteiger partial charge in [0.2, 0.25) is 0 Å². The van der Waals surface area contributed by atoms with Crippen molar-refractivity contribution in [1.82, 2.24) is 8.87 Å². The lowest BCUT2D eigenvalue weighted by atomic mass is 10.1. The van der Waals surface area contributed by atoms with Crippen LogP contribution in [0, 0.1) is 13.8 Å². The van der Waals surface area contributed by atoms with E-state index >= 15 is 0 Å². The van der Waals surface area contributed by atoms with Crippen LogP contribution in [0.1, 0.15) is 24.0 Å². The Morgan fingerprint density at radius 3 is 2.46 bits per heavy atom. The minimum atomic E-state index is -3.71. The van der Waals surface area contributed by atoms with Gasteiger partial charge < -0.3 is 9.64 Å². The Bertz CT molecular complexity index is 1110. The molecule has 1 saturated heterocycles. The van der Waals surface area contributed by atoms with Crippen LogP contribution < -0.4 is 4.74 Å². The maximum atomic E-state index is 13.4. The monoisotopic (exact) mass is 398 g/mol. The van der Waals surface area contributed by atoms with Crippen LogP contribution in [-0.4, -0.2) is 43.5 Å². The molecule has 1 aromatic heterocycles. The number of benzene rings is 2. The van der Waals surface area contributed by atoms with E-state index in [-0.39, 0.29) is 11.0 Å². The van der Waals surface area contributed by atoms with E-state index in [0.717, 1.165) is 42.4 Å². The molecule has 1 aliphatic heterocycles. The van der Waals surface area contributed by atoms with Crippen LogP contribution in [0.2, 0.25) is 0 Å². The second-order valence-corrected chi connectivity index (χ2v) is 9.49. The molecule has 0 radical (unpaired) electrons. The summed E-state index contributed by atoms with van der Waals surface area (Å²) in [6, 6.07) is 12.7. The molecule has 0 amide bonds. The molecule has 0 saturated carbocycles. The minimum Gasteiger partial charge on any atom is -0.490 e. The van der Waals surface area contributed by atoms with Gasteiger partial charge in [-0.25, -0.2) is 12.4 Å². The van der Waals surface area contributed by atoms with E-state index in [1.165, 1.54) is 3.97 Å². The summed E-state index contributed by atoms with van der Waals surface area (Å²) in [6.45, 7) is 5.88. The van der Waals surface area contributed by atoms with Crippen molar-refractivity contribution >= 4 is 20.9 Å². The molecule has 0 atom stereocenters. The first-order valence-corrected chi connectivity index (χ1v) is 11.1. The summed E-state index contributed by atoms with van der Waals surface area (Å²) in [5.41, 5.74) is 2.58. The highest BCUT2D eigenvalue weighted by atomic mass is 32.2. The Morgan fingerprint density at radius 1 is 1.00 bits per heavy atom. The number of aryl methyl sites for hydroxylation is 2. The third kappa shape index (κ3) is 3.42. The molecule has 0 N–H and O–H groups in total. The van der Waals surface area contributed by atoms with Gasteiger partial charge in [-0.3, -0.25) is 0 Å². The summed E-state index contributed by atoms with van der Waals surface area (Å²) >= 11 is 0. The largest absolute Gasteiger partial charge is 0.490 e. The fourth-order valence-electron chi connectivity index (χ4n) is 3.78. The maximum Gasteiger partial charge on any atom is 0.268 e. The predicted molar refractivity (Wildman–Crippen MR) is 112 cm³/mol. The van der Waals surface area contributed by atoms with Crippen molar-refractivity contribution in [2.45, 2.75) is 37.7 Å². The number of aromatic nitrogens is 1. The third-order valence-electron chi connectivity index (χ3n) is 5.55. The number of hydrogen-bond acceptors (Lipinski definition) is 4. The molecule has 4 rings (SSSR count). The molecule has 28 heavy (non-hydrogen) atoms. The summed E-state index contributed by atoms with van der Waals surface area (Å²) < 4.78 is 34.3. The van der Waals surface area contributed by atoms with Gasteiger partial charge in [-0.05, 0) is 57.0 Å². The van der Waals surface area contributed by atoms with Gasteiger partial charge in [0.1, 0.15) is 11.9 Å². The number of nitrogens with zero attached hydrogens (tertiary/aromatic N) is 2. The van der Waals surface area contributed by atoms with Crippen LogP contribution in [0.25, 0.3) is 10.9 Å². The Hall–Kier alpha value is -2.31. The van der Waals surface area contributed by atoms with Gasteiger partial charge in [0.25, 0.3) is 10.0 Å². The predicted octanol–water partition coefficient (Wildman–Crippen LogP) is 3.97. The van der Waals surface area contributed by atoms with Crippen LogP contribution in [0.3, 0.4) is 0 Å².